The quantitative estimate of drug-likeness (QED) is 0.393. The van der Waals surface area contributed by atoms with E-state index in [1.807, 2.05) is 0 Å². The Bertz CT molecular complexity index is 534. The highest BCUT2D eigenvalue weighted by atomic mass is 79.9. The van der Waals surface area contributed by atoms with Crippen LogP contribution in [0.25, 0.3) is 0 Å². The van der Waals surface area contributed by atoms with Crippen LogP contribution in [-0.4, -0.2) is 6.67 Å². The van der Waals surface area contributed by atoms with Crippen LogP contribution in [0.15, 0.2) is 40.9 Å². The van der Waals surface area contributed by atoms with E-state index in [1.165, 1.54) is 74.2 Å². The third-order valence-corrected chi connectivity index (χ3v) is 7.34. The van der Waals surface area contributed by atoms with Gasteiger partial charge in [0.2, 0.25) is 0 Å². The van der Waals surface area contributed by atoms with Crippen molar-refractivity contribution < 1.29 is 4.39 Å². The lowest BCUT2D eigenvalue weighted by Crippen LogP contribution is -2.25. The van der Waals surface area contributed by atoms with Crippen LogP contribution in [0.1, 0.15) is 69.8 Å². The summed E-state index contributed by atoms with van der Waals surface area (Å²) < 4.78 is 13.4. The van der Waals surface area contributed by atoms with E-state index in [0.29, 0.717) is 6.42 Å². The zero-order valence-corrected chi connectivity index (χ0v) is 17.6. The summed E-state index contributed by atoms with van der Waals surface area (Å²) in [5, 5.41) is 0. The highest BCUT2D eigenvalue weighted by Gasteiger charge is 2.30. The third kappa shape index (κ3) is 6.22. The molecule has 0 heterocycles. The summed E-state index contributed by atoms with van der Waals surface area (Å²) in [6.45, 7) is -0.211. The van der Waals surface area contributed by atoms with Gasteiger partial charge < -0.3 is 0 Å². The molecule has 0 spiro atoms. The van der Waals surface area contributed by atoms with Gasteiger partial charge in [0.05, 0.1) is 6.67 Å². The molecule has 0 N–H and O–H groups in total. The van der Waals surface area contributed by atoms with E-state index < -0.39 is 0 Å². The molecule has 0 unspecified atom stereocenters. The Balaban J connectivity index is 1.34. The second kappa shape index (κ2) is 10.6. The van der Waals surface area contributed by atoms with Crippen LogP contribution in [0.2, 0.25) is 0 Å². The zero-order chi connectivity index (χ0) is 18.2. The van der Waals surface area contributed by atoms with E-state index in [4.69, 9.17) is 0 Å². The molecule has 3 rings (SSSR count). The normalized spacial score (nSPS) is 29.9. The molecule has 0 aromatic heterocycles. The molecule has 0 radical (unpaired) electrons. The molecule has 0 amide bonds. The second-order valence-electron chi connectivity index (χ2n) is 8.53. The molecule has 2 aliphatic rings. The molecule has 1 aromatic rings. The van der Waals surface area contributed by atoms with Gasteiger partial charge >= 0.3 is 0 Å². The van der Waals surface area contributed by atoms with Crippen LogP contribution in [0, 0.1) is 23.7 Å². The maximum absolute atomic E-state index is 12.2. The molecule has 144 valence electrons. The highest BCUT2D eigenvalue weighted by Crippen LogP contribution is 2.42. The first-order valence-electron chi connectivity index (χ1n) is 10.7. The summed E-state index contributed by atoms with van der Waals surface area (Å²) in [4.78, 5) is 0. The predicted octanol–water partition coefficient (Wildman–Crippen LogP) is 7.91. The van der Waals surface area contributed by atoms with E-state index in [-0.39, 0.29) is 6.67 Å². The maximum atomic E-state index is 12.2. The van der Waals surface area contributed by atoms with Gasteiger partial charge in [0.25, 0.3) is 0 Å². The van der Waals surface area contributed by atoms with Crippen molar-refractivity contribution in [3.63, 3.8) is 0 Å². The van der Waals surface area contributed by atoms with Gasteiger partial charge in [-0.05, 0) is 99.2 Å². The van der Waals surface area contributed by atoms with E-state index in [9.17, 15) is 4.39 Å². The van der Waals surface area contributed by atoms with Gasteiger partial charge in [-0.3, -0.25) is 4.39 Å². The number of alkyl halides is 1. The van der Waals surface area contributed by atoms with Crippen molar-refractivity contribution in [1.29, 1.82) is 0 Å². The minimum Gasteiger partial charge on any atom is -0.251 e. The molecule has 2 heteroatoms. The van der Waals surface area contributed by atoms with Gasteiger partial charge in [0.1, 0.15) is 0 Å². The fourth-order valence-corrected chi connectivity index (χ4v) is 5.40. The molecule has 1 aromatic carbocycles. The topological polar surface area (TPSA) is 0 Å². The Hall–Kier alpha value is -0.630. The lowest BCUT2D eigenvalue weighted by molar-refractivity contribution is 0.152. The molecule has 2 saturated carbocycles. The van der Waals surface area contributed by atoms with Crippen molar-refractivity contribution in [3.8, 4) is 0 Å². The van der Waals surface area contributed by atoms with Crippen molar-refractivity contribution in [2.75, 3.05) is 6.67 Å². The SMILES string of the molecule is FCCC=C[C@H]1CC[C@H]([C@H]2CC[C@H](CCc3ccc(Br)cc3)CC2)CC1. The maximum Gasteiger partial charge on any atom is 0.0928 e. The zero-order valence-electron chi connectivity index (χ0n) is 16.0. The van der Waals surface area contributed by atoms with Crippen LogP contribution >= 0.6 is 15.9 Å². The number of benzene rings is 1. The number of halogens is 2. The fraction of sp³-hybridized carbons (Fsp3) is 0.667. The van der Waals surface area contributed by atoms with Crippen molar-refractivity contribution in [2.45, 2.75) is 70.6 Å². The largest absolute Gasteiger partial charge is 0.251 e. The highest BCUT2D eigenvalue weighted by molar-refractivity contribution is 9.10. The first-order chi connectivity index (χ1) is 12.7. The molecule has 2 fully saturated rings. The standard InChI is InChI=1S/C24H34BrF/c25-24-16-10-21(11-17-24)5-4-20-8-14-23(15-9-20)22-12-6-19(7-13-22)3-1-2-18-26/h1,3,10-11,16-17,19-20,22-23H,2,4-9,12-15,18H2/t19-,20-,22-,23-. The Labute approximate surface area is 167 Å². The second-order valence-corrected chi connectivity index (χ2v) is 9.44. The van der Waals surface area contributed by atoms with Crippen LogP contribution in [0.5, 0.6) is 0 Å². The molecular formula is C24H34BrF. The molecule has 0 saturated heterocycles. The van der Waals surface area contributed by atoms with Gasteiger partial charge in [-0.2, -0.15) is 0 Å². The Morgan fingerprint density at radius 3 is 2.12 bits per heavy atom. The van der Waals surface area contributed by atoms with Gasteiger partial charge in [-0.25, -0.2) is 0 Å². The number of rotatable bonds is 7. The summed E-state index contributed by atoms with van der Waals surface area (Å²) >= 11 is 3.52. The van der Waals surface area contributed by atoms with Crippen molar-refractivity contribution >= 4 is 15.9 Å². The van der Waals surface area contributed by atoms with E-state index in [0.717, 1.165) is 23.7 Å². The van der Waals surface area contributed by atoms with Crippen molar-refractivity contribution in [3.05, 3.63) is 46.5 Å². The first-order valence-corrected chi connectivity index (χ1v) is 11.5. The van der Waals surface area contributed by atoms with Crippen molar-refractivity contribution in [2.24, 2.45) is 23.7 Å². The van der Waals surface area contributed by atoms with Crippen LogP contribution < -0.4 is 0 Å². The molecule has 0 nitrogen and oxygen atoms in total. The van der Waals surface area contributed by atoms with Crippen LogP contribution in [0.3, 0.4) is 0 Å². The first kappa shape index (κ1) is 20.1. The van der Waals surface area contributed by atoms with Crippen LogP contribution in [0.4, 0.5) is 4.39 Å². The van der Waals surface area contributed by atoms with Gasteiger partial charge in [-0.15, -0.1) is 0 Å². The number of hydrogen-bond acceptors (Lipinski definition) is 0. The van der Waals surface area contributed by atoms with E-state index in [1.54, 1.807) is 0 Å². The molecule has 2 aliphatic carbocycles. The monoisotopic (exact) mass is 420 g/mol. The molecule has 0 aliphatic heterocycles. The molecular weight excluding hydrogens is 387 g/mol. The summed E-state index contributed by atoms with van der Waals surface area (Å²) in [6.07, 6.45) is 18.8. The fourth-order valence-electron chi connectivity index (χ4n) is 5.13. The summed E-state index contributed by atoms with van der Waals surface area (Å²) in [5.41, 5.74) is 1.48. The molecule has 26 heavy (non-hydrogen) atoms. The van der Waals surface area contributed by atoms with E-state index >= 15 is 0 Å². The Kier molecular flexibility index (Phi) is 8.23. The predicted molar refractivity (Wildman–Crippen MR) is 113 cm³/mol. The van der Waals surface area contributed by atoms with Gasteiger partial charge in [0, 0.05) is 4.47 Å². The van der Waals surface area contributed by atoms with Gasteiger partial charge in [-0.1, -0.05) is 53.1 Å². The Morgan fingerprint density at radius 1 is 0.885 bits per heavy atom. The number of aryl methyl sites for hydroxylation is 1. The average Bonchev–Trinajstić information content (AvgIpc) is 2.69. The van der Waals surface area contributed by atoms with Crippen molar-refractivity contribution in [1.82, 2.24) is 0 Å². The molecule has 0 bridgehead atoms. The summed E-state index contributed by atoms with van der Waals surface area (Å²) in [7, 11) is 0. The third-order valence-electron chi connectivity index (χ3n) is 6.81. The summed E-state index contributed by atoms with van der Waals surface area (Å²) in [5.74, 6) is 3.61. The lowest BCUT2D eigenvalue weighted by Gasteiger charge is -2.37. The minimum atomic E-state index is -0.211. The minimum absolute atomic E-state index is 0.211. The van der Waals surface area contributed by atoms with Gasteiger partial charge in [0.15, 0.2) is 0 Å². The molecule has 0 atom stereocenters. The smallest absolute Gasteiger partial charge is 0.0928 e. The summed E-state index contributed by atoms with van der Waals surface area (Å²) in [6, 6.07) is 8.84. The Morgan fingerprint density at radius 2 is 1.50 bits per heavy atom. The number of hydrogen-bond donors (Lipinski definition) is 0. The lowest BCUT2D eigenvalue weighted by atomic mass is 9.68. The number of allylic oxidation sites excluding steroid dienone is 2. The van der Waals surface area contributed by atoms with E-state index in [2.05, 4.69) is 52.3 Å². The average molecular weight is 421 g/mol. The van der Waals surface area contributed by atoms with Crippen LogP contribution in [-0.2, 0) is 6.42 Å².